The molecule has 0 atom stereocenters. The van der Waals surface area contributed by atoms with Crippen LogP contribution in [0.1, 0.15) is 40.2 Å². The SMILES string of the molecule is CCc1cccc(Oc2ccccc2OC(C)(C)C(C)(C)O)c1.O[B]O. The van der Waals surface area contributed by atoms with E-state index >= 15 is 0 Å². The number of benzene rings is 2. The zero-order chi connectivity index (χ0) is 19.8. The average molecular weight is 359 g/mol. The summed E-state index contributed by atoms with van der Waals surface area (Å²) in [6.45, 7) is 9.31. The number of rotatable bonds is 6. The van der Waals surface area contributed by atoms with Crippen molar-refractivity contribution in [3.8, 4) is 17.2 Å². The van der Waals surface area contributed by atoms with Crippen LogP contribution in [0.5, 0.6) is 17.2 Å². The van der Waals surface area contributed by atoms with Gasteiger partial charge in [0.1, 0.15) is 11.4 Å². The highest BCUT2D eigenvalue weighted by molar-refractivity contribution is 6.13. The quantitative estimate of drug-likeness (QED) is 0.689. The van der Waals surface area contributed by atoms with Gasteiger partial charge in [-0.2, -0.15) is 0 Å². The van der Waals surface area contributed by atoms with Crippen molar-refractivity contribution in [1.29, 1.82) is 0 Å². The Morgan fingerprint density at radius 3 is 2.04 bits per heavy atom. The molecule has 0 aromatic heterocycles. The summed E-state index contributed by atoms with van der Waals surface area (Å²) >= 11 is 0. The maximum atomic E-state index is 10.3. The minimum atomic E-state index is -0.984. The van der Waals surface area contributed by atoms with E-state index in [0.717, 1.165) is 12.2 Å². The Hall–Kier alpha value is -2.02. The smallest absolute Gasteiger partial charge is 0.481 e. The molecule has 0 saturated heterocycles. The average Bonchev–Trinajstić information content (AvgIpc) is 2.56. The fourth-order valence-electron chi connectivity index (χ4n) is 1.97. The molecule has 1 radical (unpaired) electrons. The van der Waals surface area contributed by atoms with Crippen molar-refractivity contribution in [1.82, 2.24) is 0 Å². The monoisotopic (exact) mass is 359 g/mol. The third-order valence-electron chi connectivity index (χ3n) is 4.22. The third-order valence-corrected chi connectivity index (χ3v) is 4.22. The van der Waals surface area contributed by atoms with Gasteiger partial charge in [-0.1, -0.05) is 31.2 Å². The van der Waals surface area contributed by atoms with Crippen LogP contribution in [-0.4, -0.2) is 34.0 Å². The predicted octanol–water partition coefficient (Wildman–Crippen LogP) is 3.47. The first-order chi connectivity index (χ1) is 12.1. The number of para-hydroxylation sites is 2. The minimum absolute atomic E-state index is 0. The van der Waals surface area contributed by atoms with Crippen LogP contribution in [0, 0.1) is 0 Å². The first-order valence-corrected chi connectivity index (χ1v) is 8.52. The third kappa shape index (κ3) is 6.37. The van der Waals surface area contributed by atoms with Crippen LogP contribution in [0.2, 0.25) is 0 Å². The molecule has 2 aromatic carbocycles. The van der Waals surface area contributed by atoms with Gasteiger partial charge in [0.05, 0.1) is 5.60 Å². The molecule has 2 rings (SSSR count). The van der Waals surface area contributed by atoms with Crippen LogP contribution in [-0.2, 0) is 6.42 Å². The molecule has 141 valence electrons. The second kappa shape index (κ2) is 9.62. The lowest BCUT2D eigenvalue weighted by atomic mass is 9.89. The topological polar surface area (TPSA) is 79.2 Å². The number of hydrogen-bond donors (Lipinski definition) is 3. The molecule has 6 heteroatoms. The highest BCUT2D eigenvalue weighted by Crippen LogP contribution is 2.36. The molecule has 2 aromatic rings. The van der Waals surface area contributed by atoms with E-state index in [4.69, 9.17) is 19.5 Å². The Morgan fingerprint density at radius 1 is 0.923 bits per heavy atom. The van der Waals surface area contributed by atoms with Gasteiger partial charge in [-0.05, 0) is 63.9 Å². The molecule has 0 unspecified atom stereocenters. The molecule has 0 amide bonds. The first-order valence-electron chi connectivity index (χ1n) is 8.52. The van der Waals surface area contributed by atoms with Crippen LogP contribution in [0.25, 0.3) is 0 Å². The van der Waals surface area contributed by atoms with E-state index in [1.54, 1.807) is 13.8 Å². The van der Waals surface area contributed by atoms with Gasteiger partial charge in [0.2, 0.25) is 0 Å². The molecule has 0 aliphatic rings. The summed E-state index contributed by atoms with van der Waals surface area (Å²) in [5, 5.41) is 24.3. The zero-order valence-electron chi connectivity index (χ0n) is 16.1. The summed E-state index contributed by atoms with van der Waals surface area (Å²) in [6, 6.07) is 15.5. The van der Waals surface area contributed by atoms with Crippen LogP contribution in [0.3, 0.4) is 0 Å². The van der Waals surface area contributed by atoms with Crippen molar-refractivity contribution in [3.05, 3.63) is 54.1 Å². The summed E-state index contributed by atoms with van der Waals surface area (Å²) < 4.78 is 12.1. The van der Waals surface area contributed by atoms with E-state index in [0.29, 0.717) is 11.5 Å². The van der Waals surface area contributed by atoms with Crippen molar-refractivity contribution in [2.75, 3.05) is 0 Å². The van der Waals surface area contributed by atoms with Gasteiger partial charge in [-0.25, -0.2) is 0 Å². The lowest BCUT2D eigenvalue weighted by Gasteiger charge is -2.37. The number of aryl methyl sites for hydroxylation is 1. The molecule has 26 heavy (non-hydrogen) atoms. The molecular formula is C20H28BO5. The molecular weight excluding hydrogens is 331 g/mol. The van der Waals surface area contributed by atoms with Crippen LogP contribution >= 0.6 is 0 Å². The Balaban J connectivity index is 0.00000105. The summed E-state index contributed by atoms with van der Waals surface area (Å²) in [5.74, 6) is 2.03. The highest BCUT2D eigenvalue weighted by Gasteiger charge is 2.37. The van der Waals surface area contributed by atoms with Crippen molar-refractivity contribution in [2.24, 2.45) is 0 Å². The van der Waals surface area contributed by atoms with Gasteiger partial charge in [-0.15, -0.1) is 0 Å². The zero-order valence-corrected chi connectivity index (χ0v) is 16.1. The summed E-state index contributed by atoms with van der Waals surface area (Å²) in [4.78, 5) is 0. The Kier molecular flexibility index (Phi) is 8.15. The Morgan fingerprint density at radius 2 is 1.50 bits per heavy atom. The van der Waals surface area contributed by atoms with Gasteiger partial charge in [0.25, 0.3) is 0 Å². The van der Waals surface area contributed by atoms with Crippen molar-refractivity contribution >= 4 is 7.69 Å². The largest absolute Gasteiger partial charge is 0.482 e. The lowest BCUT2D eigenvalue weighted by Crippen LogP contribution is -2.49. The van der Waals surface area contributed by atoms with Gasteiger partial charge in [0, 0.05) is 0 Å². The molecule has 0 saturated carbocycles. The number of aliphatic hydroxyl groups is 1. The van der Waals surface area contributed by atoms with E-state index in [-0.39, 0.29) is 7.69 Å². The molecule has 0 fully saturated rings. The van der Waals surface area contributed by atoms with Crippen LogP contribution < -0.4 is 9.47 Å². The van der Waals surface area contributed by atoms with Gasteiger partial charge in [0.15, 0.2) is 11.5 Å². The summed E-state index contributed by atoms with van der Waals surface area (Å²) in [7, 11) is 0. The molecule has 0 aliphatic heterocycles. The molecule has 0 spiro atoms. The molecule has 0 bridgehead atoms. The van der Waals surface area contributed by atoms with E-state index in [1.807, 2.05) is 56.3 Å². The maximum Gasteiger partial charge on any atom is 0.482 e. The first kappa shape index (κ1) is 22.0. The normalized spacial score (nSPS) is 11.2. The standard InChI is InChI=1S/C20H26O3.BH2O2/c1-6-15-10-9-11-16(14-15)22-17-12-7-8-13-18(17)23-20(4,5)19(2,3)21;2-1-3/h7-14,21H,6H2,1-5H3;2-3H. The molecule has 3 N–H and O–H groups in total. The van der Waals surface area contributed by atoms with E-state index in [1.165, 1.54) is 5.56 Å². The van der Waals surface area contributed by atoms with Gasteiger partial charge < -0.3 is 24.6 Å². The predicted molar refractivity (Wildman–Crippen MR) is 104 cm³/mol. The fourth-order valence-corrected chi connectivity index (χ4v) is 1.97. The Labute approximate surface area is 156 Å². The molecule has 0 heterocycles. The second-order valence-corrected chi connectivity index (χ2v) is 6.84. The van der Waals surface area contributed by atoms with Crippen molar-refractivity contribution in [3.63, 3.8) is 0 Å². The van der Waals surface area contributed by atoms with Crippen LogP contribution in [0.15, 0.2) is 48.5 Å². The summed E-state index contributed by atoms with van der Waals surface area (Å²) in [5.41, 5.74) is -0.516. The molecule has 0 aliphatic carbocycles. The van der Waals surface area contributed by atoms with E-state index in [2.05, 4.69) is 13.0 Å². The fraction of sp³-hybridized carbons (Fsp3) is 0.400. The second-order valence-electron chi connectivity index (χ2n) is 6.84. The minimum Gasteiger partial charge on any atom is -0.481 e. The van der Waals surface area contributed by atoms with Crippen molar-refractivity contribution < 1.29 is 24.6 Å². The lowest BCUT2D eigenvalue weighted by molar-refractivity contribution is -0.0912. The van der Waals surface area contributed by atoms with Crippen molar-refractivity contribution in [2.45, 2.75) is 52.2 Å². The number of hydrogen-bond acceptors (Lipinski definition) is 5. The number of ether oxygens (including phenoxy) is 2. The Bertz CT molecular complexity index is 680. The van der Waals surface area contributed by atoms with Gasteiger partial charge in [-0.3, -0.25) is 0 Å². The highest BCUT2D eigenvalue weighted by atomic mass is 16.5. The van der Waals surface area contributed by atoms with Gasteiger partial charge >= 0.3 is 7.69 Å². The van der Waals surface area contributed by atoms with Crippen LogP contribution in [0.4, 0.5) is 0 Å². The van der Waals surface area contributed by atoms with E-state index in [9.17, 15) is 5.11 Å². The molecule has 5 nitrogen and oxygen atoms in total. The maximum absolute atomic E-state index is 10.3. The summed E-state index contributed by atoms with van der Waals surface area (Å²) in [6.07, 6.45) is 0.959. The van der Waals surface area contributed by atoms with E-state index < -0.39 is 11.2 Å².